The number of carbonyl (C=O) groups excluding carboxylic acids is 1. The van der Waals surface area contributed by atoms with Crippen LogP contribution < -0.4 is 16.0 Å². The summed E-state index contributed by atoms with van der Waals surface area (Å²) in [5, 5.41) is 9.54. The van der Waals surface area contributed by atoms with Gasteiger partial charge in [0.15, 0.2) is 5.82 Å². The third-order valence-corrected chi connectivity index (χ3v) is 5.42. The molecule has 0 saturated carbocycles. The molecule has 1 aliphatic heterocycles. The zero-order valence-electron chi connectivity index (χ0n) is 17.4. The van der Waals surface area contributed by atoms with Crippen LogP contribution in [-0.4, -0.2) is 27.4 Å². The largest absolute Gasteiger partial charge is 0.326 e. The van der Waals surface area contributed by atoms with E-state index in [1.807, 2.05) is 37.3 Å². The molecular weight excluding hydrogens is 408 g/mol. The molecule has 0 radical (unpaired) electrons. The van der Waals surface area contributed by atoms with Crippen molar-refractivity contribution < 1.29 is 4.79 Å². The van der Waals surface area contributed by atoms with Crippen LogP contribution in [0.15, 0.2) is 59.8 Å². The minimum absolute atomic E-state index is 0.0149. The number of thiol groups is 1. The van der Waals surface area contributed by atoms with E-state index in [2.05, 4.69) is 61.7 Å². The molecule has 0 saturated heterocycles. The fourth-order valence-electron chi connectivity index (χ4n) is 3.58. The lowest BCUT2D eigenvalue weighted by molar-refractivity contribution is -0.114. The minimum Gasteiger partial charge on any atom is -0.326 e. The van der Waals surface area contributed by atoms with Crippen LogP contribution in [-0.2, 0) is 4.79 Å². The second-order valence-corrected chi connectivity index (χ2v) is 7.91. The van der Waals surface area contributed by atoms with E-state index in [9.17, 15) is 4.79 Å². The van der Waals surface area contributed by atoms with E-state index in [4.69, 9.17) is 0 Å². The first kappa shape index (κ1) is 21.0. The Morgan fingerprint density at radius 3 is 2.77 bits per heavy atom. The van der Waals surface area contributed by atoms with Crippen molar-refractivity contribution in [1.82, 2.24) is 20.3 Å². The Balaban J connectivity index is 1.53. The number of aromatic nitrogens is 3. The Morgan fingerprint density at radius 1 is 1.16 bits per heavy atom. The standard InChI is InChI=1S/C23H24N6OS/c1-14-19(27-15(2)30)7-4-8-20(14)28-23-26-13-25-22(29-23)21-12-17(9-10-24-21)16-5-3-6-18(31)11-16/h3-9,11,13,21,24,31H,10,12H2,1-2H3,(H,27,30)(H,25,26,28,29). The molecule has 1 aromatic heterocycles. The summed E-state index contributed by atoms with van der Waals surface area (Å²) >= 11 is 4.45. The lowest BCUT2D eigenvalue weighted by Gasteiger charge is -2.23. The number of hydrogen-bond acceptors (Lipinski definition) is 7. The van der Waals surface area contributed by atoms with Gasteiger partial charge in [-0.1, -0.05) is 24.3 Å². The third kappa shape index (κ3) is 5.10. The molecule has 4 rings (SSSR count). The van der Waals surface area contributed by atoms with Gasteiger partial charge in [0.2, 0.25) is 11.9 Å². The molecular formula is C23H24N6OS. The lowest BCUT2D eigenvalue weighted by atomic mass is 9.95. The lowest BCUT2D eigenvalue weighted by Crippen LogP contribution is -2.27. The van der Waals surface area contributed by atoms with Crippen LogP contribution in [0.3, 0.4) is 0 Å². The summed E-state index contributed by atoms with van der Waals surface area (Å²) in [6, 6.07) is 13.8. The van der Waals surface area contributed by atoms with Crippen molar-refractivity contribution >= 4 is 41.4 Å². The fourth-order valence-corrected chi connectivity index (χ4v) is 3.80. The van der Waals surface area contributed by atoms with Gasteiger partial charge in [0.1, 0.15) is 6.33 Å². The van der Waals surface area contributed by atoms with Crippen molar-refractivity contribution in [3.8, 4) is 0 Å². The summed E-state index contributed by atoms with van der Waals surface area (Å²) in [6.45, 7) is 4.16. The van der Waals surface area contributed by atoms with Crippen molar-refractivity contribution in [3.63, 3.8) is 0 Å². The van der Waals surface area contributed by atoms with Crippen LogP contribution in [0.4, 0.5) is 17.3 Å². The Hall–Kier alpha value is -3.23. The van der Waals surface area contributed by atoms with Gasteiger partial charge in [-0.05, 0) is 54.3 Å². The van der Waals surface area contributed by atoms with E-state index in [1.165, 1.54) is 18.8 Å². The first-order valence-electron chi connectivity index (χ1n) is 10.0. The van der Waals surface area contributed by atoms with Gasteiger partial charge < -0.3 is 16.0 Å². The normalized spacial score (nSPS) is 15.8. The molecule has 3 N–H and O–H groups in total. The molecule has 31 heavy (non-hydrogen) atoms. The molecule has 0 spiro atoms. The molecule has 8 heteroatoms. The molecule has 1 amide bonds. The van der Waals surface area contributed by atoms with Crippen molar-refractivity contribution in [2.75, 3.05) is 17.2 Å². The molecule has 1 atom stereocenters. The van der Waals surface area contributed by atoms with Crippen LogP contribution in [0.5, 0.6) is 0 Å². The predicted molar refractivity (Wildman–Crippen MR) is 126 cm³/mol. The molecule has 3 aromatic rings. The van der Waals surface area contributed by atoms with Crippen LogP contribution >= 0.6 is 12.6 Å². The Kier molecular flexibility index (Phi) is 6.29. The van der Waals surface area contributed by atoms with E-state index < -0.39 is 0 Å². The number of rotatable bonds is 5. The van der Waals surface area contributed by atoms with E-state index >= 15 is 0 Å². The van der Waals surface area contributed by atoms with Gasteiger partial charge in [0, 0.05) is 29.7 Å². The zero-order chi connectivity index (χ0) is 21.8. The highest BCUT2D eigenvalue weighted by molar-refractivity contribution is 7.80. The molecule has 158 valence electrons. The van der Waals surface area contributed by atoms with Crippen LogP contribution in [0.1, 0.15) is 36.3 Å². The molecule has 7 nitrogen and oxygen atoms in total. The first-order chi connectivity index (χ1) is 15.0. The molecule has 1 unspecified atom stereocenters. The van der Waals surface area contributed by atoms with Gasteiger partial charge in [-0.2, -0.15) is 4.98 Å². The van der Waals surface area contributed by atoms with Gasteiger partial charge in [0.05, 0.1) is 6.04 Å². The molecule has 0 fully saturated rings. The number of benzene rings is 2. The Labute approximate surface area is 186 Å². The summed E-state index contributed by atoms with van der Waals surface area (Å²) < 4.78 is 0. The SMILES string of the molecule is CC(=O)Nc1cccc(Nc2ncnc(C3CC(c4cccc(S)c4)=CCN3)n2)c1C. The highest BCUT2D eigenvalue weighted by atomic mass is 32.1. The van der Waals surface area contributed by atoms with Gasteiger partial charge in [-0.3, -0.25) is 4.79 Å². The summed E-state index contributed by atoms with van der Waals surface area (Å²) in [5.41, 5.74) is 4.89. The number of carbonyl (C=O) groups is 1. The van der Waals surface area contributed by atoms with E-state index in [0.717, 1.165) is 40.4 Å². The number of anilines is 3. The van der Waals surface area contributed by atoms with Crippen LogP contribution in [0, 0.1) is 6.92 Å². The van der Waals surface area contributed by atoms with E-state index in [0.29, 0.717) is 11.8 Å². The third-order valence-electron chi connectivity index (χ3n) is 5.15. The topological polar surface area (TPSA) is 91.8 Å². The summed E-state index contributed by atoms with van der Waals surface area (Å²) in [7, 11) is 0. The summed E-state index contributed by atoms with van der Waals surface area (Å²) in [6.07, 6.45) is 4.49. The molecule has 2 aromatic carbocycles. The minimum atomic E-state index is -0.113. The first-order valence-corrected chi connectivity index (χ1v) is 10.5. The fraction of sp³-hybridized carbons (Fsp3) is 0.217. The average Bonchev–Trinajstić information content (AvgIpc) is 2.77. The van der Waals surface area contributed by atoms with Gasteiger partial charge in [-0.25, -0.2) is 9.97 Å². The summed E-state index contributed by atoms with van der Waals surface area (Å²) in [5.74, 6) is 1.03. The number of nitrogens with one attached hydrogen (secondary N) is 3. The van der Waals surface area contributed by atoms with Gasteiger partial charge in [0.25, 0.3) is 0 Å². The van der Waals surface area contributed by atoms with Crippen LogP contribution in [0.2, 0.25) is 0 Å². The molecule has 2 heterocycles. The molecule has 1 aliphatic rings. The monoisotopic (exact) mass is 432 g/mol. The Morgan fingerprint density at radius 2 is 1.97 bits per heavy atom. The number of nitrogens with zero attached hydrogens (tertiary/aromatic N) is 3. The van der Waals surface area contributed by atoms with Gasteiger partial charge in [-0.15, -0.1) is 12.6 Å². The number of hydrogen-bond donors (Lipinski definition) is 4. The maximum Gasteiger partial charge on any atom is 0.230 e. The van der Waals surface area contributed by atoms with Crippen LogP contribution in [0.25, 0.3) is 5.57 Å². The average molecular weight is 433 g/mol. The quantitative estimate of drug-likeness (QED) is 0.450. The number of amides is 1. The van der Waals surface area contributed by atoms with Crippen molar-refractivity contribution in [2.45, 2.75) is 31.2 Å². The smallest absolute Gasteiger partial charge is 0.230 e. The second kappa shape index (κ2) is 9.28. The highest BCUT2D eigenvalue weighted by Crippen LogP contribution is 2.30. The molecule has 0 bridgehead atoms. The van der Waals surface area contributed by atoms with Crippen molar-refractivity contribution in [3.05, 3.63) is 71.8 Å². The van der Waals surface area contributed by atoms with Crippen molar-refractivity contribution in [1.29, 1.82) is 0 Å². The maximum atomic E-state index is 11.4. The second-order valence-electron chi connectivity index (χ2n) is 7.40. The maximum absolute atomic E-state index is 11.4. The Bertz CT molecular complexity index is 1150. The molecule has 0 aliphatic carbocycles. The predicted octanol–water partition coefficient (Wildman–Crippen LogP) is 4.29. The van der Waals surface area contributed by atoms with E-state index in [-0.39, 0.29) is 11.9 Å². The zero-order valence-corrected chi connectivity index (χ0v) is 18.3. The summed E-state index contributed by atoms with van der Waals surface area (Å²) in [4.78, 5) is 25.7. The van der Waals surface area contributed by atoms with Crippen molar-refractivity contribution in [2.24, 2.45) is 0 Å². The highest BCUT2D eigenvalue weighted by Gasteiger charge is 2.21. The van der Waals surface area contributed by atoms with E-state index in [1.54, 1.807) is 0 Å². The van der Waals surface area contributed by atoms with Gasteiger partial charge >= 0.3 is 0 Å².